The van der Waals surface area contributed by atoms with Crippen molar-refractivity contribution in [3.8, 4) is 0 Å². The van der Waals surface area contributed by atoms with Crippen LogP contribution in [0, 0.1) is 11.3 Å². The summed E-state index contributed by atoms with van der Waals surface area (Å²) in [5.41, 5.74) is 4.71. The quantitative estimate of drug-likeness (QED) is 0.136. The van der Waals surface area contributed by atoms with Crippen LogP contribution in [0.25, 0.3) is 11.2 Å². The van der Waals surface area contributed by atoms with Crippen LogP contribution in [0.1, 0.15) is 54.2 Å². The molecule has 0 radical (unpaired) electrons. The first kappa shape index (κ1) is 33.2. The van der Waals surface area contributed by atoms with E-state index in [-0.39, 0.29) is 59.8 Å². The van der Waals surface area contributed by atoms with Crippen LogP contribution in [-0.4, -0.2) is 79.5 Å². The third-order valence-electron chi connectivity index (χ3n) is 6.19. The summed E-state index contributed by atoms with van der Waals surface area (Å²) >= 11 is 0.935. The molecule has 2 aromatic heterocycles. The summed E-state index contributed by atoms with van der Waals surface area (Å²) in [5, 5.41) is 11.8. The molecule has 5 atom stereocenters. The molecule has 3 heterocycles. The van der Waals surface area contributed by atoms with Gasteiger partial charge in [0.15, 0.2) is 16.3 Å². The lowest BCUT2D eigenvalue weighted by molar-refractivity contribution is -0.149. The van der Waals surface area contributed by atoms with Gasteiger partial charge in [-0.2, -0.15) is 4.98 Å². The summed E-state index contributed by atoms with van der Waals surface area (Å²) in [5.74, 6) is -0.608. The molecule has 15 nitrogen and oxygen atoms in total. The maximum Gasteiger partial charge on any atom is 0.406 e. The molecule has 1 saturated heterocycles. The molecular weight excluding hydrogens is 579 g/mol. The number of aromatic nitrogens is 4. The third-order valence-corrected chi connectivity index (χ3v) is 9.09. The summed E-state index contributed by atoms with van der Waals surface area (Å²) in [6.07, 6.45) is 0.507. The number of nitrogens with one attached hydrogen (secondary N) is 2. The molecule has 1 aliphatic heterocycles. The van der Waals surface area contributed by atoms with Gasteiger partial charge in [0.05, 0.1) is 43.8 Å². The zero-order valence-electron chi connectivity index (χ0n) is 24.0. The number of esters is 1. The lowest BCUT2D eigenvalue weighted by Crippen LogP contribution is -2.36. The Hall–Kier alpha value is -2.33. The second kappa shape index (κ2) is 13.8. The number of hydrogen-bond donors (Lipinski definition) is 4. The van der Waals surface area contributed by atoms with Crippen molar-refractivity contribution in [1.29, 1.82) is 0 Å². The Labute approximate surface area is 241 Å². The molecule has 0 spiro atoms. The monoisotopic (exact) mass is 618 g/mol. The number of aliphatic hydroxyl groups excluding tert-OH is 1. The van der Waals surface area contributed by atoms with Gasteiger partial charge in [0.25, 0.3) is 5.56 Å². The van der Waals surface area contributed by atoms with E-state index >= 15 is 0 Å². The van der Waals surface area contributed by atoms with E-state index in [4.69, 9.17) is 24.3 Å². The van der Waals surface area contributed by atoms with Gasteiger partial charge in [-0.05, 0) is 41.0 Å². The Kier molecular flexibility index (Phi) is 11.1. The molecule has 0 bridgehead atoms. The molecule has 0 aromatic carbocycles. The first-order valence-electron chi connectivity index (χ1n) is 13.2. The van der Waals surface area contributed by atoms with Gasteiger partial charge in [-0.15, -0.1) is 0 Å². The van der Waals surface area contributed by atoms with Gasteiger partial charge in [0.1, 0.15) is 12.3 Å². The minimum Gasteiger partial charge on any atom is -0.462 e. The summed E-state index contributed by atoms with van der Waals surface area (Å²) in [6, 6.07) is -1.02. The summed E-state index contributed by atoms with van der Waals surface area (Å²) in [6.45, 7) is 9.43. The number of aromatic amines is 1. The van der Waals surface area contributed by atoms with Crippen LogP contribution in [0.2, 0.25) is 0 Å². The highest BCUT2D eigenvalue weighted by molar-refractivity contribution is 8.13. The van der Waals surface area contributed by atoms with Crippen LogP contribution < -0.4 is 16.4 Å². The van der Waals surface area contributed by atoms with Crippen LogP contribution in [0.15, 0.2) is 11.1 Å². The molecule has 2 aromatic rings. The Morgan fingerprint density at radius 3 is 2.73 bits per heavy atom. The summed E-state index contributed by atoms with van der Waals surface area (Å²) in [4.78, 5) is 47.5. The van der Waals surface area contributed by atoms with E-state index in [1.165, 1.54) is 13.3 Å². The molecule has 41 heavy (non-hydrogen) atoms. The molecule has 5 N–H and O–H groups in total. The molecular formula is C24H39N6O9PS. The fourth-order valence-electron chi connectivity index (χ4n) is 3.96. The highest BCUT2D eigenvalue weighted by Gasteiger charge is 2.38. The van der Waals surface area contributed by atoms with Crippen molar-refractivity contribution in [1.82, 2.24) is 24.6 Å². The van der Waals surface area contributed by atoms with E-state index in [0.717, 1.165) is 11.8 Å². The van der Waals surface area contributed by atoms with Gasteiger partial charge < -0.3 is 20.3 Å². The smallest absolute Gasteiger partial charge is 0.406 e. The fourth-order valence-corrected chi connectivity index (χ4v) is 6.39. The number of nitrogen functional groups attached to an aromatic ring is 1. The SMILES string of the molecule is CC(C)OC(=O)C(C)NP(=O)(OCCSC(=O)C(C)(C)CO)OC[C@@H]1C[C@H](C)[C@H](n2cnc3c(=O)[nH]c(N)nc32)O1. The van der Waals surface area contributed by atoms with Crippen molar-refractivity contribution < 1.29 is 37.8 Å². The number of H-pyrrole nitrogens is 1. The van der Waals surface area contributed by atoms with E-state index in [2.05, 4.69) is 20.0 Å². The number of aliphatic hydroxyl groups is 1. The minimum absolute atomic E-state index is 0.0520. The van der Waals surface area contributed by atoms with Gasteiger partial charge in [0, 0.05) is 11.7 Å². The predicted molar refractivity (Wildman–Crippen MR) is 152 cm³/mol. The molecule has 3 rings (SSSR count). The zero-order chi connectivity index (χ0) is 30.5. The molecule has 0 aliphatic carbocycles. The van der Waals surface area contributed by atoms with E-state index in [1.807, 2.05) is 6.92 Å². The first-order valence-corrected chi connectivity index (χ1v) is 15.7. The summed E-state index contributed by atoms with van der Waals surface area (Å²) < 4.78 is 37.9. The van der Waals surface area contributed by atoms with Crippen molar-refractivity contribution in [2.75, 3.05) is 31.3 Å². The second-order valence-corrected chi connectivity index (χ2v) is 13.6. The lowest BCUT2D eigenvalue weighted by Gasteiger charge is -2.24. The first-order chi connectivity index (χ1) is 19.2. The average molecular weight is 619 g/mol. The van der Waals surface area contributed by atoms with Crippen LogP contribution >= 0.6 is 19.5 Å². The topological polar surface area (TPSA) is 210 Å². The number of rotatable bonds is 14. The van der Waals surface area contributed by atoms with Crippen molar-refractivity contribution in [2.24, 2.45) is 11.3 Å². The van der Waals surface area contributed by atoms with Crippen LogP contribution in [0.4, 0.5) is 5.95 Å². The number of hydrogen-bond acceptors (Lipinski definition) is 13. The van der Waals surface area contributed by atoms with E-state index in [9.17, 15) is 24.1 Å². The number of ether oxygens (including phenoxy) is 2. The standard InChI is InChI=1S/C24H39N6O9PS/c1-13(2)38-21(33)15(4)29-40(35,36-7-8-41-22(34)24(5,6)11-31)37-10-16-9-14(3)20(39-16)30-12-26-17-18(30)27-23(25)28-19(17)32/h12-16,20,31H,7-11H2,1-6H3,(H,29,35)(H3,25,27,28,32)/t14-,15?,16-,20+,40?/m0/s1. The highest BCUT2D eigenvalue weighted by Crippen LogP contribution is 2.46. The number of thioether (sulfide) groups is 1. The van der Waals surface area contributed by atoms with Crippen molar-refractivity contribution in [3.63, 3.8) is 0 Å². The number of anilines is 1. The van der Waals surface area contributed by atoms with Gasteiger partial charge in [-0.3, -0.25) is 33.0 Å². The largest absolute Gasteiger partial charge is 0.462 e. The highest BCUT2D eigenvalue weighted by atomic mass is 32.2. The van der Waals surface area contributed by atoms with Crippen molar-refractivity contribution in [2.45, 2.75) is 72.4 Å². The average Bonchev–Trinajstić information content (AvgIpc) is 3.47. The number of imidazole rings is 1. The van der Waals surface area contributed by atoms with Crippen LogP contribution in [-0.2, 0) is 32.7 Å². The van der Waals surface area contributed by atoms with Gasteiger partial charge in [0.2, 0.25) is 5.95 Å². The fraction of sp³-hybridized carbons (Fsp3) is 0.708. The zero-order valence-corrected chi connectivity index (χ0v) is 25.7. The Balaban J connectivity index is 1.67. The Morgan fingerprint density at radius 2 is 2.07 bits per heavy atom. The van der Waals surface area contributed by atoms with E-state index < -0.39 is 43.1 Å². The maximum absolute atomic E-state index is 13.7. The molecule has 1 fully saturated rings. The minimum atomic E-state index is -4.08. The third kappa shape index (κ3) is 8.60. The van der Waals surface area contributed by atoms with Crippen molar-refractivity contribution >= 4 is 47.7 Å². The molecule has 2 unspecified atom stereocenters. The molecule has 0 amide bonds. The Morgan fingerprint density at radius 1 is 1.37 bits per heavy atom. The van der Waals surface area contributed by atoms with Crippen molar-refractivity contribution in [3.05, 3.63) is 16.7 Å². The van der Waals surface area contributed by atoms with Crippen LogP contribution in [0.3, 0.4) is 0 Å². The number of nitrogens with zero attached hydrogens (tertiary/aromatic N) is 3. The normalized spacial score (nSPS) is 21.7. The van der Waals surface area contributed by atoms with E-state index in [0.29, 0.717) is 6.42 Å². The van der Waals surface area contributed by atoms with Gasteiger partial charge in [-0.1, -0.05) is 18.7 Å². The Bertz CT molecular complexity index is 1330. The number of nitrogens with two attached hydrogens (primary N) is 1. The van der Waals surface area contributed by atoms with E-state index in [1.54, 1.807) is 32.3 Å². The number of fused-ring (bicyclic) bond motifs is 1. The maximum atomic E-state index is 13.7. The molecule has 17 heteroatoms. The van der Waals surface area contributed by atoms with Gasteiger partial charge >= 0.3 is 13.7 Å². The predicted octanol–water partition coefficient (Wildman–Crippen LogP) is 1.97. The number of carbonyl (C=O) groups is 2. The lowest BCUT2D eigenvalue weighted by atomic mass is 9.97. The van der Waals surface area contributed by atoms with Gasteiger partial charge in [-0.25, -0.2) is 14.6 Å². The van der Waals surface area contributed by atoms with Crippen LogP contribution in [0.5, 0.6) is 0 Å². The summed E-state index contributed by atoms with van der Waals surface area (Å²) in [7, 11) is -4.08. The molecule has 0 saturated carbocycles. The molecule has 230 valence electrons. The molecule has 1 aliphatic rings. The number of carbonyl (C=O) groups excluding carboxylic acids is 2. The second-order valence-electron chi connectivity index (χ2n) is 10.8.